The topological polar surface area (TPSA) is 86.4 Å². The monoisotopic (exact) mass is 366 g/mol. The Labute approximate surface area is 148 Å². The van der Waals surface area contributed by atoms with Gasteiger partial charge in [-0.3, -0.25) is 9.89 Å². The SMILES string of the molecule is CN(CCC(=O)N1CCc2[nH]nc(C3CC3)c2C1)[C@@H]1CCS(=O)(=O)C1. The van der Waals surface area contributed by atoms with Crippen LogP contribution in [0.4, 0.5) is 0 Å². The number of H-pyrrole nitrogens is 1. The highest BCUT2D eigenvalue weighted by molar-refractivity contribution is 7.91. The molecule has 0 unspecified atom stereocenters. The van der Waals surface area contributed by atoms with Crippen LogP contribution in [0.5, 0.6) is 0 Å². The van der Waals surface area contributed by atoms with E-state index in [9.17, 15) is 13.2 Å². The van der Waals surface area contributed by atoms with Gasteiger partial charge in [0.25, 0.3) is 0 Å². The van der Waals surface area contributed by atoms with E-state index in [1.54, 1.807) is 0 Å². The van der Waals surface area contributed by atoms with Gasteiger partial charge < -0.3 is 9.80 Å². The minimum Gasteiger partial charge on any atom is -0.338 e. The van der Waals surface area contributed by atoms with Crippen LogP contribution < -0.4 is 0 Å². The molecule has 1 amide bonds. The molecule has 1 N–H and O–H groups in total. The fourth-order valence-electron chi connectivity index (χ4n) is 3.96. The van der Waals surface area contributed by atoms with E-state index < -0.39 is 9.84 Å². The molecule has 0 radical (unpaired) electrons. The Hall–Kier alpha value is -1.41. The van der Waals surface area contributed by atoms with E-state index in [1.165, 1.54) is 29.8 Å². The van der Waals surface area contributed by atoms with Crippen LogP contribution in [0, 0.1) is 0 Å². The fraction of sp³-hybridized carbons (Fsp3) is 0.765. The summed E-state index contributed by atoms with van der Waals surface area (Å²) in [5.41, 5.74) is 3.59. The Kier molecular flexibility index (Phi) is 4.35. The van der Waals surface area contributed by atoms with Crippen molar-refractivity contribution < 1.29 is 13.2 Å². The quantitative estimate of drug-likeness (QED) is 0.828. The van der Waals surface area contributed by atoms with Gasteiger partial charge in [-0.25, -0.2) is 8.42 Å². The summed E-state index contributed by atoms with van der Waals surface area (Å²) in [6.07, 6.45) is 4.39. The van der Waals surface area contributed by atoms with Gasteiger partial charge in [-0.15, -0.1) is 0 Å². The third kappa shape index (κ3) is 3.60. The Bertz CT molecular complexity index is 769. The molecule has 7 nitrogen and oxygen atoms in total. The van der Waals surface area contributed by atoms with Crippen molar-refractivity contribution in [1.29, 1.82) is 0 Å². The summed E-state index contributed by atoms with van der Waals surface area (Å²) in [4.78, 5) is 16.6. The van der Waals surface area contributed by atoms with Crippen molar-refractivity contribution in [2.45, 2.75) is 50.6 Å². The lowest BCUT2D eigenvalue weighted by atomic mass is 10.0. The molecule has 2 aliphatic heterocycles. The predicted octanol–water partition coefficient (Wildman–Crippen LogP) is 0.681. The van der Waals surface area contributed by atoms with Crippen molar-refractivity contribution in [3.05, 3.63) is 17.0 Å². The molecular formula is C17H26N4O3S. The molecular weight excluding hydrogens is 340 g/mol. The number of sulfone groups is 1. The largest absolute Gasteiger partial charge is 0.338 e. The minimum atomic E-state index is -2.88. The number of carbonyl (C=O) groups is 1. The van der Waals surface area contributed by atoms with Crippen molar-refractivity contribution in [2.75, 3.05) is 31.6 Å². The van der Waals surface area contributed by atoms with Gasteiger partial charge in [0.05, 0.1) is 17.2 Å². The molecule has 8 heteroatoms. The Balaban J connectivity index is 1.32. The van der Waals surface area contributed by atoms with E-state index in [2.05, 4.69) is 10.2 Å². The summed E-state index contributed by atoms with van der Waals surface area (Å²) < 4.78 is 23.2. The molecule has 138 valence electrons. The summed E-state index contributed by atoms with van der Waals surface area (Å²) in [6.45, 7) is 2.01. The number of aromatic nitrogens is 2. The van der Waals surface area contributed by atoms with E-state index in [-0.39, 0.29) is 23.5 Å². The normalized spacial score (nSPS) is 25.4. The van der Waals surface area contributed by atoms with Crippen LogP contribution in [0.2, 0.25) is 0 Å². The summed E-state index contributed by atoms with van der Waals surface area (Å²) in [5.74, 6) is 1.24. The Morgan fingerprint density at radius 3 is 2.84 bits per heavy atom. The van der Waals surface area contributed by atoms with Crippen LogP contribution in [0.3, 0.4) is 0 Å². The molecule has 4 rings (SSSR count). The summed E-state index contributed by atoms with van der Waals surface area (Å²) in [5, 5.41) is 7.61. The fourth-order valence-corrected chi connectivity index (χ4v) is 5.77. The third-order valence-corrected chi connectivity index (χ3v) is 7.54. The van der Waals surface area contributed by atoms with Crippen LogP contribution in [0.25, 0.3) is 0 Å². The number of hydrogen-bond acceptors (Lipinski definition) is 5. The predicted molar refractivity (Wildman–Crippen MR) is 94.0 cm³/mol. The van der Waals surface area contributed by atoms with Crippen molar-refractivity contribution in [3.63, 3.8) is 0 Å². The van der Waals surface area contributed by atoms with Gasteiger partial charge in [-0.1, -0.05) is 0 Å². The number of carbonyl (C=O) groups excluding carboxylic acids is 1. The van der Waals surface area contributed by atoms with E-state index in [1.807, 2.05) is 16.8 Å². The molecule has 1 saturated carbocycles. The molecule has 1 atom stereocenters. The molecule has 0 bridgehead atoms. The van der Waals surface area contributed by atoms with Gasteiger partial charge in [-0.2, -0.15) is 5.10 Å². The number of fused-ring (bicyclic) bond motifs is 1. The van der Waals surface area contributed by atoms with Gasteiger partial charge in [-0.05, 0) is 26.3 Å². The maximum atomic E-state index is 12.6. The second kappa shape index (κ2) is 6.39. The number of amides is 1. The van der Waals surface area contributed by atoms with Crippen LogP contribution >= 0.6 is 0 Å². The Morgan fingerprint density at radius 1 is 1.36 bits per heavy atom. The molecule has 25 heavy (non-hydrogen) atoms. The first-order valence-corrected chi connectivity index (χ1v) is 11.0. The highest BCUT2D eigenvalue weighted by Crippen LogP contribution is 2.42. The number of aromatic amines is 1. The zero-order valence-electron chi connectivity index (χ0n) is 14.7. The summed E-state index contributed by atoms with van der Waals surface area (Å²) in [6, 6.07) is 0.0566. The smallest absolute Gasteiger partial charge is 0.224 e. The van der Waals surface area contributed by atoms with E-state index in [0.29, 0.717) is 31.8 Å². The van der Waals surface area contributed by atoms with Gasteiger partial charge in [0.1, 0.15) is 0 Å². The zero-order chi connectivity index (χ0) is 17.6. The molecule has 0 spiro atoms. The lowest BCUT2D eigenvalue weighted by molar-refractivity contribution is -0.132. The van der Waals surface area contributed by atoms with Crippen molar-refractivity contribution in [1.82, 2.24) is 20.0 Å². The second-order valence-corrected chi connectivity index (χ2v) is 9.92. The second-order valence-electron chi connectivity index (χ2n) is 7.69. The first-order chi connectivity index (χ1) is 11.9. The average Bonchev–Trinajstić information content (AvgIpc) is 3.24. The molecule has 1 aliphatic carbocycles. The van der Waals surface area contributed by atoms with Crippen LogP contribution in [-0.2, 0) is 27.6 Å². The van der Waals surface area contributed by atoms with Crippen LogP contribution in [0.1, 0.15) is 48.6 Å². The van der Waals surface area contributed by atoms with Gasteiger partial charge >= 0.3 is 0 Å². The lowest BCUT2D eigenvalue weighted by Gasteiger charge is -2.29. The zero-order valence-corrected chi connectivity index (χ0v) is 15.5. The molecule has 0 aromatic carbocycles. The lowest BCUT2D eigenvalue weighted by Crippen LogP contribution is -2.39. The third-order valence-electron chi connectivity index (χ3n) is 5.79. The van der Waals surface area contributed by atoms with E-state index in [4.69, 9.17) is 0 Å². The number of nitrogens with zero attached hydrogens (tertiary/aromatic N) is 3. The van der Waals surface area contributed by atoms with Gasteiger partial charge in [0.15, 0.2) is 9.84 Å². The van der Waals surface area contributed by atoms with E-state index in [0.717, 1.165) is 13.0 Å². The first kappa shape index (κ1) is 17.0. The van der Waals surface area contributed by atoms with Gasteiger partial charge in [0.2, 0.25) is 5.91 Å². The minimum absolute atomic E-state index is 0.0566. The molecule has 1 aromatic rings. The van der Waals surface area contributed by atoms with Crippen molar-refractivity contribution in [3.8, 4) is 0 Å². The number of hydrogen-bond donors (Lipinski definition) is 1. The molecule has 3 aliphatic rings. The van der Waals surface area contributed by atoms with Gasteiger partial charge in [0, 0.05) is 55.7 Å². The van der Waals surface area contributed by atoms with E-state index >= 15 is 0 Å². The van der Waals surface area contributed by atoms with Crippen molar-refractivity contribution in [2.24, 2.45) is 0 Å². The first-order valence-electron chi connectivity index (χ1n) is 9.17. The molecule has 3 heterocycles. The average molecular weight is 366 g/mol. The number of nitrogens with one attached hydrogen (secondary N) is 1. The molecule has 2 fully saturated rings. The molecule has 1 saturated heterocycles. The maximum Gasteiger partial charge on any atom is 0.224 e. The number of rotatable bonds is 5. The molecule has 1 aromatic heterocycles. The standard InChI is InChI=1S/C17H26N4O3S/c1-20(13-6-9-25(23,24)11-13)7-5-16(22)21-8-4-15-14(10-21)17(19-18-15)12-2-3-12/h12-13H,2-11H2,1H3,(H,18,19)/t13-/m1/s1. The highest BCUT2D eigenvalue weighted by Gasteiger charge is 2.34. The Morgan fingerprint density at radius 2 is 2.16 bits per heavy atom. The van der Waals surface area contributed by atoms with Crippen molar-refractivity contribution >= 4 is 15.7 Å². The highest BCUT2D eigenvalue weighted by atomic mass is 32.2. The van der Waals surface area contributed by atoms with Crippen LogP contribution in [0.15, 0.2) is 0 Å². The summed E-state index contributed by atoms with van der Waals surface area (Å²) >= 11 is 0. The maximum absolute atomic E-state index is 12.6. The van der Waals surface area contributed by atoms with Crippen LogP contribution in [-0.4, -0.2) is 72.0 Å². The summed E-state index contributed by atoms with van der Waals surface area (Å²) in [7, 11) is -0.956.